The molecule has 2 aromatic rings. The predicted octanol–water partition coefficient (Wildman–Crippen LogP) is 2.29. The van der Waals surface area contributed by atoms with Gasteiger partial charge in [0.05, 0.1) is 0 Å². The van der Waals surface area contributed by atoms with Crippen molar-refractivity contribution in [1.29, 1.82) is 0 Å². The van der Waals surface area contributed by atoms with E-state index in [1.807, 2.05) is 0 Å². The summed E-state index contributed by atoms with van der Waals surface area (Å²) in [5.41, 5.74) is 0.511. The molecule has 2 aliphatic rings. The summed E-state index contributed by atoms with van der Waals surface area (Å²) in [6.07, 6.45) is 9.01. The summed E-state index contributed by atoms with van der Waals surface area (Å²) >= 11 is 0. The molecule has 0 saturated heterocycles. The molecular weight excluding hydrogens is 260 g/mol. The molecule has 0 saturated carbocycles. The minimum absolute atomic E-state index is 0.201. The van der Waals surface area contributed by atoms with Crippen molar-refractivity contribution in [3.05, 3.63) is 78.9 Å². The average Bonchev–Trinajstić information content (AvgIpc) is 2.53. The summed E-state index contributed by atoms with van der Waals surface area (Å²) in [7, 11) is -1.28. The van der Waals surface area contributed by atoms with Crippen molar-refractivity contribution in [3.63, 3.8) is 0 Å². The van der Waals surface area contributed by atoms with E-state index < -0.39 is 8.80 Å². The molecule has 3 atom stereocenters. The van der Waals surface area contributed by atoms with E-state index in [9.17, 15) is 0 Å². The highest BCUT2D eigenvalue weighted by Gasteiger charge is 2.38. The van der Waals surface area contributed by atoms with Crippen LogP contribution >= 0.6 is 0 Å². The van der Waals surface area contributed by atoms with Gasteiger partial charge in [-0.25, -0.2) is 0 Å². The van der Waals surface area contributed by atoms with Gasteiger partial charge < -0.3 is 4.74 Å². The van der Waals surface area contributed by atoms with E-state index >= 15 is 0 Å². The van der Waals surface area contributed by atoms with Gasteiger partial charge in [-0.1, -0.05) is 71.9 Å². The number of hydrogen-bond donors (Lipinski definition) is 0. The third kappa shape index (κ3) is 1.84. The molecule has 98 valence electrons. The zero-order chi connectivity index (χ0) is 13.4. The number of benzene rings is 2. The standard InChI is InChI=1S/C18H16OSi/c1-2-8-14(9-3-1)20-17-12-6-4-10-15(17)19-16-11-5-7-13-18(16)20/h1-13,15,17,20H/t15-,17-,20?/m0/s1. The van der Waals surface area contributed by atoms with Crippen molar-refractivity contribution in [2.24, 2.45) is 0 Å². The second-order valence-corrected chi connectivity index (χ2v) is 8.37. The molecule has 4 rings (SSSR count). The normalized spacial score (nSPS) is 26.5. The van der Waals surface area contributed by atoms with Crippen molar-refractivity contribution in [2.75, 3.05) is 0 Å². The Balaban J connectivity index is 1.89. The molecule has 1 heterocycles. The Labute approximate surface area is 120 Å². The van der Waals surface area contributed by atoms with Crippen LogP contribution in [0.2, 0.25) is 5.54 Å². The third-order valence-corrected chi connectivity index (χ3v) is 7.81. The van der Waals surface area contributed by atoms with Crippen molar-refractivity contribution >= 4 is 19.2 Å². The van der Waals surface area contributed by atoms with Crippen LogP contribution in [-0.2, 0) is 0 Å². The fraction of sp³-hybridized carbons (Fsp3) is 0.111. The molecule has 1 aliphatic heterocycles. The quantitative estimate of drug-likeness (QED) is 0.726. The fourth-order valence-corrected chi connectivity index (χ4v) is 6.86. The number of hydrogen-bond acceptors (Lipinski definition) is 1. The number of rotatable bonds is 1. The molecule has 0 bridgehead atoms. The molecular formula is C18H16OSi. The summed E-state index contributed by atoms with van der Waals surface area (Å²) in [5.74, 6) is 1.08. The minimum atomic E-state index is -1.28. The number of ether oxygens (including phenoxy) is 1. The van der Waals surface area contributed by atoms with E-state index in [1.54, 1.807) is 0 Å². The van der Waals surface area contributed by atoms with Crippen LogP contribution in [0.3, 0.4) is 0 Å². The second-order valence-electron chi connectivity index (χ2n) is 5.36. The lowest BCUT2D eigenvalue weighted by Crippen LogP contribution is -2.54. The highest BCUT2D eigenvalue weighted by atomic mass is 28.3. The van der Waals surface area contributed by atoms with E-state index in [2.05, 4.69) is 78.9 Å². The van der Waals surface area contributed by atoms with Gasteiger partial charge in [-0.2, -0.15) is 0 Å². The first kappa shape index (κ1) is 11.7. The smallest absolute Gasteiger partial charge is 0.121 e. The zero-order valence-electron chi connectivity index (χ0n) is 11.1. The first-order chi connectivity index (χ1) is 9.93. The summed E-state index contributed by atoms with van der Waals surface area (Å²) in [6.45, 7) is 0. The molecule has 1 nitrogen and oxygen atoms in total. The Hall–Kier alpha value is -2.06. The monoisotopic (exact) mass is 276 g/mol. The van der Waals surface area contributed by atoms with Crippen molar-refractivity contribution in [3.8, 4) is 5.75 Å². The molecule has 0 amide bonds. The van der Waals surface area contributed by atoms with Crippen molar-refractivity contribution in [1.82, 2.24) is 0 Å². The van der Waals surface area contributed by atoms with Gasteiger partial charge in [0.25, 0.3) is 0 Å². The van der Waals surface area contributed by atoms with E-state index in [4.69, 9.17) is 4.74 Å². The number of allylic oxidation sites excluding steroid dienone is 2. The molecule has 2 aromatic carbocycles. The van der Waals surface area contributed by atoms with E-state index in [-0.39, 0.29) is 6.10 Å². The van der Waals surface area contributed by atoms with Crippen LogP contribution < -0.4 is 15.1 Å². The Bertz CT molecular complexity index is 675. The molecule has 0 spiro atoms. The third-order valence-electron chi connectivity index (χ3n) is 4.19. The molecule has 0 aromatic heterocycles. The largest absolute Gasteiger partial charge is 0.486 e. The van der Waals surface area contributed by atoms with Gasteiger partial charge in [-0.3, -0.25) is 0 Å². The summed E-state index contributed by atoms with van der Waals surface area (Å²) < 4.78 is 6.18. The van der Waals surface area contributed by atoms with Crippen LogP contribution in [0.5, 0.6) is 5.75 Å². The number of para-hydroxylation sites is 1. The van der Waals surface area contributed by atoms with Gasteiger partial charge in [0.1, 0.15) is 20.7 Å². The molecule has 1 aliphatic carbocycles. The lowest BCUT2D eigenvalue weighted by Gasteiger charge is -2.37. The first-order valence-electron chi connectivity index (χ1n) is 7.09. The minimum Gasteiger partial charge on any atom is -0.486 e. The molecule has 0 fully saturated rings. The van der Waals surface area contributed by atoms with Crippen LogP contribution in [0, 0.1) is 0 Å². The van der Waals surface area contributed by atoms with Gasteiger partial charge >= 0.3 is 0 Å². The van der Waals surface area contributed by atoms with Crippen LogP contribution in [0.1, 0.15) is 0 Å². The number of fused-ring (bicyclic) bond motifs is 2. The summed E-state index contributed by atoms with van der Waals surface area (Å²) in [4.78, 5) is 0. The maximum Gasteiger partial charge on any atom is 0.121 e. The first-order valence-corrected chi connectivity index (χ1v) is 8.91. The fourth-order valence-electron chi connectivity index (χ4n) is 3.28. The summed E-state index contributed by atoms with van der Waals surface area (Å²) in [6, 6.07) is 19.5. The zero-order valence-corrected chi connectivity index (χ0v) is 12.3. The molecule has 0 N–H and O–H groups in total. The van der Waals surface area contributed by atoms with Gasteiger partial charge in [-0.05, 0) is 17.3 Å². The van der Waals surface area contributed by atoms with Crippen LogP contribution in [0.25, 0.3) is 0 Å². The molecule has 0 radical (unpaired) electrons. The van der Waals surface area contributed by atoms with Gasteiger partial charge in [0.2, 0.25) is 0 Å². The van der Waals surface area contributed by atoms with Gasteiger partial charge in [-0.15, -0.1) is 0 Å². The van der Waals surface area contributed by atoms with Crippen LogP contribution in [-0.4, -0.2) is 14.9 Å². The van der Waals surface area contributed by atoms with E-state index in [0.29, 0.717) is 5.54 Å². The Morgan fingerprint density at radius 1 is 0.800 bits per heavy atom. The molecule has 20 heavy (non-hydrogen) atoms. The molecule has 2 heteroatoms. The lowest BCUT2D eigenvalue weighted by atomic mass is 10.1. The topological polar surface area (TPSA) is 9.23 Å². The maximum atomic E-state index is 6.18. The molecule has 1 unspecified atom stereocenters. The van der Waals surface area contributed by atoms with Gasteiger partial charge in [0.15, 0.2) is 0 Å². The highest BCUT2D eigenvalue weighted by molar-refractivity contribution is 6.87. The maximum absolute atomic E-state index is 6.18. The van der Waals surface area contributed by atoms with E-state index in [0.717, 1.165) is 5.75 Å². The Kier molecular flexibility index (Phi) is 2.82. The second kappa shape index (κ2) is 4.80. The van der Waals surface area contributed by atoms with E-state index in [1.165, 1.54) is 10.4 Å². The SMILES string of the molecule is C1=C[C@@H]2Oc3ccccc3[SiH](c3ccccc3)[C@H]2C=C1. The lowest BCUT2D eigenvalue weighted by molar-refractivity contribution is 0.247. The van der Waals surface area contributed by atoms with Crippen molar-refractivity contribution < 1.29 is 4.74 Å². The van der Waals surface area contributed by atoms with Crippen molar-refractivity contribution in [2.45, 2.75) is 11.6 Å². The highest BCUT2D eigenvalue weighted by Crippen LogP contribution is 2.32. The predicted molar refractivity (Wildman–Crippen MR) is 85.7 cm³/mol. The average molecular weight is 276 g/mol. The Morgan fingerprint density at radius 2 is 1.55 bits per heavy atom. The van der Waals surface area contributed by atoms with Crippen LogP contribution in [0.4, 0.5) is 0 Å². The summed E-state index contributed by atoms with van der Waals surface area (Å²) in [5, 5.41) is 2.93. The van der Waals surface area contributed by atoms with Gasteiger partial charge in [0, 0.05) is 5.54 Å². The Morgan fingerprint density at radius 3 is 2.45 bits per heavy atom. The van der Waals surface area contributed by atoms with Crippen LogP contribution in [0.15, 0.2) is 78.9 Å².